The van der Waals surface area contributed by atoms with Gasteiger partial charge in [0.1, 0.15) is 0 Å². The van der Waals surface area contributed by atoms with Gasteiger partial charge in [0.2, 0.25) is 0 Å². The molecule has 1 aliphatic rings. The first-order valence-electron chi connectivity index (χ1n) is 9.31. The predicted octanol–water partition coefficient (Wildman–Crippen LogP) is 4.07. The minimum atomic E-state index is -0.374. The highest BCUT2D eigenvalue weighted by molar-refractivity contribution is 5.74. The number of aliphatic hydroxyl groups excluding tert-OH is 1. The molecule has 0 bridgehead atoms. The zero-order valence-corrected chi connectivity index (χ0v) is 14.8. The molecular weight excluding hydrogens is 276 g/mol. The van der Waals surface area contributed by atoms with Crippen molar-refractivity contribution in [2.45, 2.75) is 103 Å². The monoisotopic (exact) mass is 312 g/mol. The molecule has 1 rings (SSSR count). The summed E-state index contributed by atoms with van der Waals surface area (Å²) in [6, 6.07) is 0.137. The number of nitrogens with zero attached hydrogens (tertiary/aromatic N) is 1. The van der Waals surface area contributed by atoms with Crippen LogP contribution in [0.5, 0.6) is 0 Å². The number of unbranched alkanes of at least 4 members (excludes halogenated alkanes) is 5. The molecule has 2 N–H and O–H groups in total. The van der Waals surface area contributed by atoms with Crippen LogP contribution in [0.15, 0.2) is 0 Å². The maximum atomic E-state index is 12.5. The molecule has 0 unspecified atom stereocenters. The molecule has 0 radical (unpaired) electrons. The van der Waals surface area contributed by atoms with Crippen LogP contribution in [0.3, 0.4) is 0 Å². The highest BCUT2D eigenvalue weighted by atomic mass is 16.3. The molecule has 22 heavy (non-hydrogen) atoms. The van der Waals surface area contributed by atoms with Gasteiger partial charge in [-0.3, -0.25) is 0 Å². The number of aliphatic hydroxyl groups is 1. The molecule has 0 saturated heterocycles. The molecule has 4 heteroatoms. The van der Waals surface area contributed by atoms with Crippen molar-refractivity contribution in [3.05, 3.63) is 0 Å². The Balaban J connectivity index is 2.33. The Labute approximate surface area is 136 Å². The molecular formula is C18H36N2O2. The predicted molar refractivity (Wildman–Crippen MR) is 92.0 cm³/mol. The summed E-state index contributed by atoms with van der Waals surface area (Å²) in [7, 11) is 0. The Kier molecular flexibility index (Phi) is 9.53. The Morgan fingerprint density at radius 3 is 2.41 bits per heavy atom. The number of nitrogens with one attached hydrogen (secondary N) is 1. The van der Waals surface area contributed by atoms with E-state index in [9.17, 15) is 9.90 Å². The van der Waals surface area contributed by atoms with Crippen molar-refractivity contribution in [3.8, 4) is 0 Å². The van der Waals surface area contributed by atoms with Crippen LogP contribution < -0.4 is 5.32 Å². The van der Waals surface area contributed by atoms with E-state index in [1.54, 1.807) is 0 Å². The fourth-order valence-corrected chi connectivity index (χ4v) is 3.18. The lowest BCUT2D eigenvalue weighted by Crippen LogP contribution is -2.52. The van der Waals surface area contributed by atoms with Crippen molar-refractivity contribution in [3.63, 3.8) is 0 Å². The fraction of sp³-hybridized carbons (Fsp3) is 0.944. The van der Waals surface area contributed by atoms with E-state index >= 15 is 0 Å². The fourth-order valence-electron chi connectivity index (χ4n) is 3.18. The number of hydrogen-bond donors (Lipinski definition) is 2. The highest BCUT2D eigenvalue weighted by Crippen LogP contribution is 2.19. The second-order valence-electron chi connectivity index (χ2n) is 6.96. The van der Waals surface area contributed by atoms with Gasteiger partial charge in [0, 0.05) is 12.6 Å². The SMILES string of the molecule is CCCCCCCCN(C(=O)N[C@H]1CCCC[C@@H]1O)C(C)C. The van der Waals surface area contributed by atoms with E-state index in [0.29, 0.717) is 0 Å². The van der Waals surface area contributed by atoms with Crippen LogP contribution in [0.2, 0.25) is 0 Å². The lowest BCUT2D eigenvalue weighted by molar-refractivity contribution is 0.0880. The molecule has 130 valence electrons. The van der Waals surface area contributed by atoms with Crippen molar-refractivity contribution in [2.24, 2.45) is 0 Å². The van der Waals surface area contributed by atoms with E-state index in [1.165, 1.54) is 32.1 Å². The number of carbonyl (C=O) groups is 1. The summed E-state index contributed by atoms with van der Waals surface area (Å²) in [4.78, 5) is 14.4. The van der Waals surface area contributed by atoms with E-state index in [1.807, 2.05) is 4.90 Å². The van der Waals surface area contributed by atoms with Gasteiger partial charge < -0.3 is 15.3 Å². The van der Waals surface area contributed by atoms with Gasteiger partial charge in [0.05, 0.1) is 12.1 Å². The molecule has 1 saturated carbocycles. The minimum absolute atomic E-state index is 0.00509. The lowest BCUT2D eigenvalue weighted by Gasteiger charge is -2.33. The van der Waals surface area contributed by atoms with Crippen LogP contribution in [0.1, 0.15) is 85.0 Å². The zero-order valence-electron chi connectivity index (χ0n) is 14.8. The van der Waals surface area contributed by atoms with E-state index < -0.39 is 0 Å². The number of carbonyl (C=O) groups excluding carboxylic acids is 1. The maximum absolute atomic E-state index is 12.5. The number of urea groups is 1. The van der Waals surface area contributed by atoms with Gasteiger partial charge in [-0.25, -0.2) is 4.79 Å². The van der Waals surface area contributed by atoms with Crippen LogP contribution in [0.4, 0.5) is 4.79 Å². The van der Waals surface area contributed by atoms with Gasteiger partial charge in [-0.2, -0.15) is 0 Å². The van der Waals surface area contributed by atoms with Gasteiger partial charge in [0.25, 0.3) is 0 Å². The molecule has 0 aromatic heterocycles. The largest absolute Gasteiger partial charge is 0.391 e. The average molecular weight is 312 g/mol. The van der Waals surface area contributed by atoms with Gasteiger partial charge >= 0.3 is 6.03 Å². The third-order valence-corrected chi connectivity index (χ3v) is 4.68. The second-order valence-corrected chi connectivity index (χ2v) is 6.96. The normalized spacial score (nSPS) is 21.9. The Hall–Kier alpha value is -0.770. The second kappa shape index (κ2) is 10.9. The Bertz CT molecular complexity index is 307. The Morgan fingerprint density at radius 1 is 1.14 bits per heavy atom. The minimum Gasteiger partial charge on any atom is -0.391 e. The lowest BCUT2D eigenvalue weighted by atomic mass is 9.93. The molecule has 0 aromatic carbocycles. The molecule has 0 heterocycles. The summed E-state index contributed by atoms with van der Waals surface area (Å²) in [5.41, 5.74) is 0. The summed E-state index contributed by atoms with van der Waals surface area (Å²) in [6.07, 6.45) is 10.9. The van der Waals surface area contributed by atoms with Crippen molar-refractivity contribution in [1.82, 2.24) is 10.2 Å². The number of amides is 2. The van der Waals surface area contributed by atoms with Gasteiger partial charge in [-0.15, -0.1) is 0 Å². The quantitative estimate of drug-likeness (QED) is 0.631. The molecule has 1 aliphatic carbocycles. The summed E-state index contributed by atoms with van der Waals surface area (Å²) in [5, 5.41) is 13.0. The van der Waals surface area contributed by atoms with Crippen LogP contribution in [0, 0.1) is 0 Å². The van der Waals surface area contributed by atoms with Crippen LogP contribution in [-0.2, 0) is 0 Å². The topological polar surface area (TPSA) is 52.6 Å². The summed E-state index contributed by atoms with van der Waals surface area (Å²) >= 11 is 0. The number of rotatable bonds is 9. The molecule has 2 atom stereocenters. The molecule has 0 aromatic rings. The first kappa shape index (κ1) is 19.3. The molecule has 0 aliphatic heterocycles. The smallest absolute Gasteiger partial charge is 0.317 e. The van der Waals surface area contributed by atoms with Gasteiger partial charge in [-0.1, -0.05) is 51.9 Å². The summed E-state index contributed by atoms with van der Waals surface area (Å²) < 4.78 is 0. The molecule has 2 amide bonds. The van der Waals surface area contributed by atoms with Gasteiger partial charge in [0.15, 0.2) is 0 Å². The third kappa shape index (κ3) is 6.99. The highest BCUT2D eigenvalue weighted by Gasteiger charge is 2.26. The van der Waals surface area contributed by atoms with Crippen molar-refractivity contribution < 1.29 is 9.90 Å². The van der Waals surface area contributed by atoms with Crippen molar-refractivity contribution in [1.29, 1.82) is 0 Å². The maximum Gasteiger partial charge on any atom is 0.317 e. The van der Waals surface area contributed by atoms with Crippen LogP contribution in [0.25, 0.3) is 0 Å². The van der Waals surface area contributed by atoms with Crippen LogP contribution >= 0.6 is 0 Å². The van der Waals surface area contributed by atoms with Crippen LogP contribution in [-0.4, -0.2) is 40.8 Å². The van der Waals surface area contributed by atoms with Crippen molar-refractivity contribution in [2.75, 3.05) is 6.54 Å². The van der Waals surface area contributed by atoms with E-state index in [-0.39, 0.29) is 24.2 Å². The summed E-state index contributed by atoms with van der Waals surface area (Å²) in [6.45, 7) is 7.17. The molecule has 4 nitrogen and oxygen atoms in total. The molecule has 0 spiro atoms. The Morgan fingerprint density at radius 2 is 1.77 bits per heavy atom. The molecule has 1 fully saturated rings. The van der Waals surface area contributed by atoms with E-state index in [4.69, 9.17) is 0 Å². The standard InChI is InChI=1S/C18H36N2O2/c1-4-5-6-7-8-11-14-20(15(2)3)18(22)19-16-12-9-10-13-17(16)21/h15-17,21H,4-14H2,1-3H3,(H,19,22)/t16-,17-/m0/s1. The van der Waals surface area contributed by atoms with E-state index in [0.717, 1.165) is 38.6 Å². The zero-order chi connectivity index (χ0) is 16.4. The van der Waals surface area contributed by atoms with Crippen molar-refractivity contribution >= 4 is 6.03 Å². The first-order chi connectivity index (χ1) is 10.6. The van der Waals surface area contributed by atoms with Gasteiger partial charge in [-0.05, 0) is 33.1 Å². The average Bonchev–Trinajstić information content (AvgIpc) is 2.48. The number of hydrogen-bond acceptors (Lipinski definition) is 2. The summed E-state index contributed by atoms with van der Waals surface area (Å²) in [5.74, 6) is 0. The first-order valence-corrected chi connectivity index (χ1v) is 9.31. The third-order valence-electron chi connectivity index (χ3n) is 4.68. The van der Waals surface area contributed by atoms with E-state index in [2.05, 4.69) is 26.1 Å².